The normalized spacial score (nSPS) is 19.8. The van der Waals surface area contributed by atoms with Crippen LogP contribution in [0.2, 0.25) is 5.02 Å². The highest BCUT2D eigenvalue weighted by atomic mass is 35.5. The number of carbonyl (C=O) groups is 3. The fraction of sp³-hybridized carbons (Fsp3) is 0.486. The summed E-state index contributed by atoms with van der Waals surface area (Å²) in [4.78, 5) is 46.5. The molecule has 0 saturated carbocycles. The second kappa shape index (κ2) is 14.4. The van der Waals surface area contributed by atoms with Gasteiger partial charge in [-0.25, -0.2) is 9.48 Å². The maximum absolute atomic E-state index is 13.5. The number of hydrogen-bond acceptors (Lipinski definition) is 8. The molecule has 3 fully saturated rings. The number of nitrogens with zero attached hydrogens (tertiary/aromatic N) is 6. The van der Waals surface area contributed by atoms with Gasteiger partial charge in [-0.15, -0.1) is 0 Å². The molecule has 6 rings (SSSR count). The summed E-state index contributed by atoms with van der Waals surface area (Å²) < 4.78 is 12.7. The molecule has 3 amide bonds. The molecule has 0 spiro atoms. The third-order valence-electron chi connectivity index (χ3n) is 9.90. The Morgan fingerprint density at radius 3 is 2.31 bits per heavy atom. The van der Waals surface area contributed by atoms with Crippen LogP contribution in [0.4, 0.5) is 16.3 Å². The van der Waals surface area contributed by atoms with Gasteiger partial charge in [0.1, 0.15) is 23.2 Å². The number of benzene rings is 2. The molecule has 0 bridgehead atoms. The Kier molecular flexibility index (Phi) is 10.1. The van der Waals surface area contributed by atoms with E-state index in [1.807, 2.05) is 54.3 Å². The minimum absolute atomic E-state index is 0.0449. The van der Waals surface area contributed by atoms with E-state index in [1.54, 1.807) is 34.7 Å². The Morgan fingerprint density at radius 1 is 1.00 bits per heavy atom. The maximum Gasteiger partial charge on any atom is 0.414 e. The number of methoxy groups -OCH3 is 1. The molecule has 2 atom stereocenters. The van der Waals surface area contributed by atoms with Crippen LogP contribution >= 0.6 is 11.6 Å². The number of aromatic nitrogens is 2. The predicted molar refractivity (Wildman–Crippen MR) is 184 cm³/mol. The van der Waals surface area contributed by atoms with E-state index in [2.05, 4.69) is 10.00 Å². The van der Waals surface area contributed by atoms with E-state index in [9.17, 15) is 14.4 Å². The summed E-state index contributed by atoms with van der Waals surface area (Å²) in [5.74, 6) is 1.76. The van der Waals surface area contributed by atoms with Crippen molar-refractivity contribution in [1.29, 1.82) is 0 Å². The number of nitrogens with two attached hydrogens (primary N) is 1. The number of nitrogen functional groups attached to an aromatic ring is 1. The van der Waals surface area contributed by atoms with Crippen molar-refractivity contribution >= 4 is 41.0 Å². The molecule has 13 heteroatoms. The van der Waals surface area contributed by atoms with Gasteiger partial charge >= 0.3 is 6.09 Å². The lowest BCUT2D eigenvalue weighted by Gasteiger charge is -2.32. The number of rotatable bonds is 9. The Hall–Kier alpha value is -4.29. The fourth-order valence-corrected chi connectivity index (χ4v) is 7.26. The van der Waals surface area contributed by atoms with E-state index in [0.717, 1.165) is 43.1 Å². The zero-order valence-corrected chi connectivity index (χ0v) is 28.6. The fourth-order valence-electron chi connectivity index (χ4n) is 7.08. The van der Waals surface area contributed by atoms with Gasteiger partial charge in [0.05, 0.1) is 19.0 Å². The van der Waals surface area contributed by atoms with Crippen molar-refractivity contribution in [3.63, 3.8) is 0 Å². The molecular formula is C35H44ClN7O5. The van der Waals surface area contributed by atoms with Crippen molar-refractivity contribution in [2.45, 2.75) is 39.2 Å². The third-order valence-corrected chi connectivity index (χ3v) is 10.3. The van der Waals surface area contributed by atoms with Crippen molar-refractivity contribution in [2.24, 2.45) is 11.8 Å². The minimum atomic E-state index is -0.391. The number of likely N-dealkylation sites (tertiary alicyclic amines) is 3. The first kappa shape index (κ1) is 33.6. The van der Waals surface area contributed by atoms with Crippen LogP contribution in [0.5, 0.6) is 5.75 Å². The lowest BCUT2D eigenvalue weighted by molar-refractivity contribution is -0.130. The molecule has 48 heavy (non-hydrogen) atoms. The van der Waals surface area contributed by atoms with Crippen LogP contribution in [-0.4, -0.2) is 108 Å². The van der Waals surface area contributed by atoms with Crippen molar-refractivity contribution in [3.05, 3.63) is 64.8 Å². The van der Waals surface area contributed by atoms with E-state index >= 15 is 0 Å². The number of halogens is 1. The predicted octanol–water partition coefficient (Wildman–Crippen LogP) is 4.47. The number of hydrogen-bond donors (Lipinski definition) is 1. The molecule has 2 unspecified atom stereocenters. The summed E-state index contributed by atoms with van der Waals surface area (Å²) in [6.07, 6.45) is 2.94. The summed E-state index contributed by atoms with van der Waals surface area (Å²) in [7, 11) is 1.61. The quantitative estimate of drug-likeness (QED) is 0.352. The van der Waals surface area contributed by atoms with Crippen molar-refractivity contribution in [1.82, 2.24) is 24.5 Å². The highest BCUT2D eigenvalue weighted by Gasteiger charge is 2.42. The number of carbonyl (C=O) groups excluding carboxylic acids is 3. The molecule has 3 saturated heterocycles. The minimum Gasteiger partial charge on any atom is -0.497 e. The first-order chi connectivity index (χ1) is 23.1. The molecule has 4 heterocycles. The van der Waals surface area contributed by atoms with Gasteiger partial charge in [-0.1, -0.05) is 17.7 Å². The number of ether oxygens (including phenoxy) is 2. The number of aryl methyl sites for hydroxylation is 1. The van der Waals surface area contributed by atoms with E-state index in [4.69, 9.17) is 26.8 Å². The second-order valence-electron chi connectivity index (χ2n) is 13.1. The Labute approximate surface area is 286 Å². The SMILES string of the molecule is COc1ccc(-n2ncc(C(=O)N3CC4CN(CCCN(C(=O)OC5CCN(C(C)=O)CC5)c5ccc(C)c(Cl)c5)CC4C3)c2N)cc1. The van der Waals surface area contributed by atoms with Crippen LogP contribution in [0.25, 0.3) is 5.69 Å². The molecule has 0 aliphatic carbocycles. The van der Waals surface area contributed by atoms with Crippen LogP contribution in [-0.2, 0) is 9.53 Å². The van der Waals surface area contributed by atoms with Gasteiger partial charge in [-0.3, -0.25) is 14.5 Å². The Balaban J connectivity index is 1.02. The number of fused-ring (bicyclic) bond motifs is 1. The number of piperidine rings is 1. The van der Waals surface area contributed by atoms with Gasteiger partial charge in [0.2, 0.25) is 5.91 Å². The second-order valence-corrected chi connectivity index (χ2v) is 13.5. The lowest BCUT2D eigenvalue weighted by atomic mass is 10.0. The Morgan fingerprint density at radius 2 is 1.69 bits per heavy atom. The van der Waals surface area contributed by atoms with Gasteiger partial charge in [-0.05, 0) is 73.7 Å². The molecule has 3 aromatic rings. The molecule has 3 aliphatic heterocycles. The van der Waals surface area contributed by atoms with Crippen molar-refractivity contribution < 1.29 is 23.9 Å². The molecule has 3 aliphatic rings. The van der Waals surface area contributed by atoms with Crippen LogP contribution in [0.3, 0.4) is 0 Å². The van der Waals surface area contributed by atoms with Crippen LogP contribution in [0.15, 0.2) is 48.7 Å². The first-order valence-electron chi connectivity index (χ1n) is 16.6. The molecule has 0 radical (unpaired) electrons. The van der Waals surface area contributed by atoms with Crippen LogP contribution in [0.1, 0.15) is 42.1 Å². The third kappa shape index (κ3) is 7.24. The zero-order chi connectivity index (χ0) is 33.9. The van der Waals surface area contributed by atoms with E-state index in [-0.39, 0.29) is 17.9 Å². The smallest absolute Gasteiger partial charge is 0.414 e. The molecule has 1 aromatic heterocycles. The van der Waals surface area contributed by atoms with Crippen LogP contribution in [0, 0.1) is 18.8 Å². The molecule has 2 aromatic carbocycles. The van der Waals surface area contributed by atoms with Crippen LogP contribution < -0.4 is 15.4 Å². The van der Waals surface area contributed by atoms with E-state index in [0.29, 0.717) is 79.5 Å². The zero-order valence-electron chi connectivity index (χ0n) is 27.8. The van der Waals surface area contributed by atoms with Gasteiger partial charge in [-0.2, -0.15) is 5.10 Å². The monoisotopic (exact) mass is 677 g/mol. The van der Waals surface area contributed by atoms with Crippen molar-refractivity contribution in [3.8, 4) is 11.4 Å². The van der Waals surface area contributed by atoms with Crippen molar-refractivity contribution in [2.75, 3.05) is 70.1 Å². The van der Waals surface area contributed by atoms with Gasteiger partial charge in [0, 0.05) is 76.3 Å². The molecular weight excluding hydrogens is 634 g/mol. The van der Waals surface area contributed by atoms with E-state index in [1.165, 1.54) is 0 Å². The van der Waals surface area contributed by atoms with Gasteiger partial charge in [0.15, 0.2) is 0 Å². The summed E-state index contributed by atoms with van der Waals surface area (Å²) in [6.45, 7) is 9.12. The molecule has 256 valence electrons. The lowest BCUT2D eigenvalue weighted by Crippen LogP contribution is -2.43. The summed E-state index contributed by atoms with van der Waals surface area (Å²) in [5.41, 5.74) is 9.21. The highest BCUT2D eigenvalue weighted by molar-refractivity contribution is 6.31. The van der Waals surface area contributed by atoms with Gasteiger partial charge < -0.3 is 29.9 Å². The summed E-state index contributed by atoms with van der Waals surface area (Å²) in [5, 5.41) is 4.99. The van der Waals surface area contributed by atoms with Gasteiger partial charge in [0.25, 0.3) is 5.91 Å². The Bertz CT molecular complexity index is 1620. The standard InChI is InChI=1S/C35H44ClN7O5/c1-23-5-6-28(17-32(23)36)42(35(46)48-30-11-15-40(16-12-30)24(2)44)14-4-13-39-19-25-21-41(22-26(25)20-39)34(45)31-18-38-43(33(31)37)27-7-9-29(47-3)10-8-27/h5-10,17-18,25-26,30H,4,11-16,19-22,37H2,1-3H3. The topological polar surface area (TPSA) is 126 Å². The first-order valence-corrected chi connectivity index (χ1v) is 17.0. The number of amides is 3. The van der Waals surface area contributed by atoms with E-state index < -0.39 is 6.09 Å². The molecule has 12 nitrogen and oxygen atoms in total. The summed E-state index contributed by atoms with van der Waals surface area (Å²) in [6, 6.07) is 13.0. The summed E-state index contributed by atoms with van der Waals surface area (Å²) >= 11 is 6.45. The highest BCUT2D eigenvalue weighted by Crippen LogP contribution is 2.33. The molecule has 2 N–H and O–H groups in total. The number of anilines is 2. The largest absolute Gasteiger partial charge is 0.497 e. The maximum atomic E-state index is 13.5. The average Bonchev–Trinajstić information content (AvgIpc) is 3.78. The average molecular weight is 678 g/mol.